The summed E-state index contributed by atoms with van der Waals surface area (Å²) in [5.41, 5.74) is 16.3. The number of nitrogens with zero attached hydrogens (tertiary/aromatic N) is 2. The van der Waals surface area contributed by atoms with Gasteiger partial charge in [-0.3, -0.25) is 4.57 Å². The maximum absolute atomic E-state index is 5.13. The predicted octanol–water partition coefficient (Wildman–Crippen LogP) is 15.3. The fourth-order valence-corrected chi connectivity index (χ4v) is 8.77. The van der Waals surface area contributed by atoms with Gasteiger partial charge in [-0.15, -0.1) is 0 Å². The first-order valence-electron chi connectivity index (χ1n) is 20.2. The normalized spacial score (nSPS) is 11.4. The lowest BCUT2D eigenvalue weighted by atomic mass is 9.84. The van der Waals surface area contributed by atoms with Crippen molar-refractivity contribution in [3.05, 3.63) is 231 Å². The van der Waals surface area contributed by atoms with Crippen LogP contribution >= 0.6 is 0 Å². The Kier molecular flexibility index (Phi) is 8.52. The standard InChI is InChI=1S/C57H38N2/c1-4-14-39(15-5-1)41-24-30-44(31-25-41)55-49-20-10-11-21-50(49)56(45-32-26-42(27-33-45)40-16-6-2-7-17-40)52-38-47(36-37-51(52)55)43-28-34-46(35-29-43)57-58-53-22-12-13-23-54(53)59(57)48-18-8-3-9-19-48/h1-38H. The molecule has 1 aromatic heterocycles. The average Bonchev–Trinajstić information content (AvgIpc) is 3.71. The fraction of sp³-hybridized carbons (Fsp3) is 0. The van der Waals surface area contributed by atoms with Gasteiger partial charge in [0.25, 0.3) is 0 Å². The van der Waals surface area contributed by atoms with Crippen LogP contribution in [0.2, 0.25) is 0 Å². The first kappa shape index (κ1) is 34.4. The molecule has 0 spiro atoms. The van der Waals surface area contributed by atoms with Crippen molar-refractivity contribution in [2.75, 3.05) is 0 Å². The second kappa shape index (κ2) is 14.6. The topological polar surface area (TPSA) is 17.8 Å². The molecule has 0 bridgehead atoms. The highest BCUT2D eigenvalue weighted by atomic mass is 15.1. The lowest BCUT2D eigenvalue weighted by molar-refractivity contribution is 1.10. The Balaban J connectivity index is 1.08. The molecule has 0 N–H and O–H groups in total. The van der Waals surface area contributed by atoms with Gasteiger partial charge in [-0.2, -0.15) is 0 Å². The Morgan fingerprint density at radius 1 is 0.271 bits per heavy atom. The summed E-state index contributed by atoms with van der Waals surface area (Å²) < 4.78 is 2.26. The predicted molar refractivity (Wildman–Crippen MR) is 249 cm³/mol. The molecule has 0 aliphatic heterocycles. The van der Waals surface area contributed by atoms with E-state index in [9.17, 15) is 0 Å². The molecule has 0 saturated carbocycles. The fourth-order valence-electron chi connectivity index (χ4n) is 8.77. The van der Waals surface area contributed by atoms with Gasteiger partial charge in [0.2, 0.25) is 0 Å². The maximum atomic E-state index is 5.13. The zero-order chi connectivity index (χ0) is 39.1. The third-order valence-electron chi connectivity index (χ3n) is 11.6. The second-order valence-electron chi connectivity index (χ2n) is 15.1. The van der Waals surface area contributed by atoms with Crippen LogP contribution in [0.1, 0.15) is 0 Å². The summed E-state index contributed by atoms with van der Waals surface area (Å²) in [7, 11) is 0. The number of para-hydroxylation sites is 3. The van der Waals surface area contributed by atoms with Crippen LogP contribution in [0.3, 0.4) is 0 Å². The van der Waals surface area contributed by atoms with Gasteiger partial charge in [-0.1, -0.05) is 200 Å². The largest absolute Gasteiger partial charge is 0.292 e. The number of hydrogen-bond acceptors (Lipinski definition) is 1. The lowest BCUT2D eigenvalue weighted by Crippen LogP contribution is -1.97. The van der Waals surface area contributed by atoms with Crippen molar-refractivity contribution < 1.29 is 0 Å². The van der Waals surface area contributed by atoms with Crippen LogP contribution in [-0.2, 0) is 0 Å². The molecular weight excluding hydrogens is 713 g/mol. The van der Waals surface area contributed by atoms with Gasteiger partial charge in [-0.25, -0.2) is 4.98 Å². The molecule has 11 rings (SSSR count). The Hall–Kier alpha value is -7.81. The van der Waals surface area contributed by atoms with Crippen molar-refractivity contribution in [3.63, 3.8) is 0 Å². The zero-order valence-corrected chi connectivity index (χ0v) is 32.3. The van der Waals surface area contributed by atoms with Crippen LogP contribution in [0.15, 0.2) is 231 Å². The van der Waals surface area contributed by atoms with Crippen LogP contribution in [0.5, 0.6) is 0 Å². The van der Waals surface area contributed by atoms with E-state index in [1.54, 1.807) is 0 Å². The van der Waals surface area contributed by atoms with E-state index in [0.29, 0.717) is 0 Å². The second-order valence-corrected chi connectivity index (χ2v) is 15.1. The summed E-state index contributed by atoms with van der Waals surface area (Å²) in [6.07, 6.45) is 0. The Bertz CT molecular complexity index is 3260. The number of rotatable bonds is 7. The third kappa shape index (κ3) is 6.19. The molecule has 0 fully saturated rings. The minimum atomic E-state index is 0.929. The first-order chi connectivity index (χ1) is 29.3. The highest BCUT2D eigenvalue weighted by Crippen LogP contribution is 2.45. The molecule has 11 aromatic rings. The van der Waals surface area contributed by atoms with E-state index < -0.39 is 0 Å². The summed E-state index contributed by atoms with van der Waals surface area (Å²) >= 11 is 0. The van der Waals surface area contributed by atoms with Crippen LogP contribution in [0, 0.1) is 0 Å². The minimum Gasteiger partial charge on any atom is -0.292 e. The van der Waals surface area contributed by atoms with Crippen LogP contribution in [-0.4, -0.2) is 9.55 Å². The lowest BCUT2D eigenvalue weighted by Gasteiger charge is -2.19. The molecule has 0 saturated heterocycles. The maximum Gasteiger partial charge on any atom is 0.145 e. The van der Waals surface area contributed by atoms with E-state index in [-0.39, 0.29) is 0 Å². The van der Waals surface area contributed by atoms with Gasteiger partial charge in [-0.05, 0) is 108 Å². The Morgan fingerprint density at radius 3 is 1.24 bits per heavy atom. The molecule has 1 heterocycles. The highest BCUT2D eigenvalue weighted by molar-refractivity contribution is 6.22. The molecule has 10 aromatic carbocycles. The Labute approximate surface area is 344 Å². The molecule has 2 heteroatoms. The van der Waals surface area contributed by atoms with Crippen molar-refractivity contribution in [1.29, 1.82) is 0 Å². The van der Waals surface area contributed by atoms with Gasteiger partial charge < -0.3 is 0 Å². The van der Waals surface area contributed by atoms with Crippen LogP contribution in [0.4, 0.5) is 0 Å². The van der Waals surface area contributed by atoms with E-state index in [4.69, 9.17) is 4.98 Å². The van der Waals surface area contributed by atoms with Crippen molar-refractivity contribution in [2.45, 2.75) is 0 Å². The van der Waals surface area contributed by atoms with Crippen molar-refractivity contribution in [3.8, 4) is 72.7 Å². The molecule has 0 aliphatic rings. The summed E-state index contributed by atoms with van der Waals surface area (Å²) in [5, 5.41) is 4.94. The third-order valence-corrected chi connectivity index (χ3v) is 11.6. The number of benzene rings is 10. The minimum absolute atomic E-state index is 0.929. The van der Waals surface area contributed by atoms with E-state index >= 15 is 0 Å². The zero-order valence-electron chi connectivity index (χ0n) is 32.3. The molecular formula is C57H38N2. The quantitative estimate of drug-likeness (QED) is 0.148. The van der Waals surface area contributed by atoms with E-state index in [1.807, 2.05) is 0 Å². The highest BCUT2D eigenvalue weighted by Gasteiger charge is 2.19. The van der Waals surface area contributed by atoms with Gasteiger partial charge in [0, 0.05) is 11.3 Å². The van der Waals surface area contributed by atoms with Crippen LogP contribution < -0.4 is 0 Å². The molecule has 59 heavy (non-hydrogen) atoms. The van der Waals surface area contributed by atoms with Gasteiger partial charge >= 0.3 is 0 Å². The number of aromatic nitrogens is 2. The van der Waals surface area contributed by atoms with Crippen molar-refractivity contribution >= 4 is 32.6 Å². The summed E-state index contributed by atoms with van der Waals surface area (Å²) in [5.74, 6) is 0.929. The molecule has 0 atom stereocenters. The first-order valence-corrected chi connectivity index (χ1v) is 20.2. The molecule has 0 unspecified atom stereocenters. The van der Waals surface area contributed by atoms with Gasteiger partial charge in [0.1, 0.15) is 5.82 Å². The SMILES string of the molecule is c1ccc(-c2ccc(-c3c4ccccc4c(-c4ccc(-c5ccccc5)cc4)c4cc(-c5ccc(-c6nc7ccccc7n6-c6ccccc6)cc5)ccc34)cc2)cc1. The van der Waals surface area contributed by atoms with E-state index in [0.717, 1.165) is 33.7 Å². The number of imidazole rings is 1. The Morgan fingerprint density at radius 2 is 0.661 bits per heavy atom. The molecule has 276 valence electrons. The van der Waals surface area contributed by atoms with Crippen molar-refractivity contribution in [1.82, 2.24) is 9.55 Å². The number of hydrogen-bond donors (Lipinski definition) is 0. The van der Waals surface area contributed by atoms with Crippen molar-refractivity contribution in [2.24, 2.45) is 0 Å². The number of fused-ring (bicyclic) bond motifs is 3. The molecule has 2 nitrogen and oxygen atoms in total. The van der Waals surface area contributed by atoms with E-state index in [2.05, 4.69) is 235 Å². The monoisotopic (exact) mass is 750 g/mol. The average molecular weight is 751 g/mol. The molecule has 0 radical (unpaired) electrons. The summed E-state index contributed by atoms with van der Waals surface area (Å²) in [6, 6.07) is 83.1. The summed E-state index contributed by atoms with van der Waals surface area (Å²) in [6.45, 7) is 0. The van der Waals surface area contributed by atoms with Crippen LogP contribution in [0.25, 0.3) is 105 Å². The summed E-state index contributed by atoms with van der Waals surface area (Å²) in [4.78, 5) is 5.13. The molecule has 0 aliphatic carbocycles. The van der Waals surface area contributed by atoms with Gasteiger partial charge in [0.15, 0.2) is 0 Å². The van der Waals surface area contributed by atoms with E-state index in [1.165, 1.54) is 71.6 Å². The molecule has 0 amide bonds. The van der Waals surface area contributed by atoms with Gasteiger partial charge in [0.05, 0.1) is 11.0 Å². The smallest absolute Gasteiger partial charge is 0.145 e.